The number of nitrogens with zero attached hydrogens (tertiary/aromatic N) is 3. The van der Waals surface area contributed by atoms with Crippen molar-refractivity contribution in [1.82, 2.24) is 14.7 Å². The summed E-state index contributed by atoms with van der Waals surface area (Å²) in [5.74, 6) is -0.660. The van der Waals surface area contributed by atoms with Crippen LogP contribution in [-0.2, 0) is 14.3 Å². The van der Waals surface area contributed by atoms with Crippen molar-refractivity contribution < 1.29 is 14.3 Å². The molecule has 1 amide bonds. The van der Waals surface area contributed by atoms with Crippen molar-refractivity contribution in [3.63, 3.8) is 0 Å². The molecule has 0 N–H and O–H groups in total. The van der Waals surface area contributed by atoms with E-state index in [1.165, 1.54) is 6.08 Å². The van der Waals surface area contributed by atoms with Gasteiger partial charge in [-0.3, -0.25) is 4.79 Å². The summed E-state index contributed by atoms with van der Waals surface area (Å²) in [6, 6.07) is 13.8. The lowest BCUT2D eigenvalue weighted by molar-refractivity contribution is -0.148. The van der Waals surface area contributed by atoms with E-state index in [1.54, 1.807) is 27.0 Å². The summed E-state index contributed by atoms with van der Waals surface area (Å²) in [5, 5.41) is 6.70. The second-order valence-electron chi connectivity index (χ2n) is 7.43. The third-order valence-corrected chi connectivity index (χ3v) is 6.09. The Kier molecular flexibility index (Phi) is 6.94. The molecule has 0 spiro atoms. The lowest BCUT2D eigenvalue weighted by Crippen LogP contribution is -2.35. The van der Waals surface area contributed by atoms with Gasteiger partial charge in [-0.25, -0.2) is 9.48 Å². The van der Waals surface area contributed by atoms with Gasteiger partial charge in [-0.1, -0.05) is 37.1 Å². The normalized spacial score (nSPS) is 14.5. The molecule has 3 aromatic rings. The van der Waals surface area contributed by atoms with Gasteiger partial charge in [0.2, 0.25) is 0 Å². The lowest BCUT2D eigenvalue weighted by atomic mass is 10.2. The van der Waals surface area contributed by atoms with Crippen molar-refractivity contribution in [2.45, 2.75) is 25.7 Å². The molecule has 1 fully saturated rings. The van der Waals surface area contributed by atoms with Gasteiger partial charge in [0.15, 0.2) is 6.61 Å². The van der Waals surface area contributed by atoms with Crippen molar-refractivity contribution in [2.24, 2.45) is 0 Å². The molecule has 1 aromatic carbocycles. The predicted molar refractivity (Wildman–Crippen MR) is 122 cm³/mol. The number of aromatic nitrogens is 2. The van der Waals surface area contributed by atoms with Crippen LogP contribution in [-0.4, -0.2) is 46.3 Å². The van der Waals surface area contributed by atoms with Crippen LogP contribution in [0.3, 0.4) is 0 Å². The molecular weight excluding hydrogens is 410 g/mol. The molecule has 2 aromatic heterocycles. The molecule has 1 saturated heterocycles. The second-order valence-corrected chi connectivity index (χ2v) is 8.37. The molecule has 0 radical (unpaired) electrons. The molecule has 0 aliphatic carbocycles. The number of likely N-dealkylation sites (tertiary alicyclic amines) is 1. The summed E-state index contributed by atoms with van der Waals surface area (Å²) in [7, 11) is 0. The van der Waals surface area contributed by atoms with Crippen LogP contribution in [0.25, 0.3) is 22.3 Å². The van der Waals surface area contributed by atoms with Gasteiger partial charge in [0.25, 0.3) is 5.91 Å². The van der Waals surface area contributed by atoms with Crippen molar-refractivity contribution in [2.75, 3.05) is 19.7 Å². The number of rotatable bonds is 6. The Morgan fingerprint density at radius 1 is 1.03 bits per heavy atom. The quantitative estimate of drug-likeness (QED) is 0.421. The number of amides is 1. The Balaban J connectivity index is 1.44. The average molecular weight is 436 g/mol. The highest BCUT2D eigenvalue weighted by molar-refractivity contribution is 7.13. The minimum absolute atomic E-state index is 0.125. The molecule has 31 heavy (non-hydrogen) atoms. The average Bonchev–Trinajstić information content (AvgIpc) is 3.40. The molecular formula is C24H25N3O3S. The number of benzene rings is 1. The molecule has 3 heterocycles. The summed E-state index contributed by atoms with van der Waals surface area (Å²) < 4.78 is 6.99. The first-order chi connectivity index (χ1) is 15.2. The standard InChI is InChI=1S/C24H25N3O3S/c28-22(26-14-6-1-2-7-15-26)18-30-23(29)13-12-19-17-27(20-9-4-3-5-10-20)25-24(19)21-11-8-16-31-21/h3-5,8-13,16-17H,1-2,6-7,14-15,18H2. The smallest absolute Gasteiger partial charge is 0.331 e. The third kappa shape index (κ3) is 5.49. The number of hydrogen-bond donors (Lipinski definition) is 0. The minimum Gasteiger partial charge on any atom is -0.452 e. The Labute approximate surface area is 185 Å². The van der Waals surface area contributed by atoms with Crippen molar-refractivity contribution in [3.05, 3.63) is 65.7 Å². The maximum absolute atomic E-state index is 12.3. The summed E-state index contributed by atoms with van der Waals surface area (Å²) >= 11 is 1.59. The molecule has 1 aliphatic rings. The van der Waals surface area contributed by atoms with E-state index in [2.05, 4.69) is 0 Å². The van der Waals surface area contributed by atoms with E-state index >= 15 is 0 Å². The second kappa shape index (κ2) is 10.2. The molecule has 0 saturated carbocycles. The number of esters is 1. The van der Waals surface area contributed by atoms with Crippen LogP contribution in [0.1, 0.15) is 31.2 Å². The Bertz CT molecular complexity index is 1030. The van der Waals surface area contributed by atoms with E-state index in [0.717, 1.165) is 60.6 Å². The molecule has 160 valence electrons. The number of carbonyl (C=O) groups excluding carboxylic acids is 2. The monoisotopic (exact) mass is 435 g/mol. The SMILES string of the molecule is O=C(C=Cc1cn(-c2ccccc2)nc1-c1cccs1)OCC(=O)N1CCCCCC1. The minimum atomic E-state index is -0.534. The zero-order valence-corrected chi connectivity index (χ0v) is 18.1. The zero-order chi connectivity index (χ0) is 21.5. The van der Waals surface area contributed by atoms with Gasteiger partial charge in [0.1, 0.15) is 5.69 Å². The van der Waals surface area contributed by atoms with E-state index in [4.69, 9.17) is 9.84 Å². The molecule has 7 heteroatoms. The topological polar surface area (TPSA) is 64.4 Å². The van der Waals surface area contributed by atoms with Crippen LogP contribution in [0, 0.1) is 0 Å². The van der Waals surface area contributed by atoms with Gasteiger partial charge in [0, 0.05) is 30.9 Å². The van der Waals surface area contributed by atoms with Crippen LogP contribution in [0.4, 0.5) is 0 Å². The third-order valence-electron chi connectivity index (χ3n) is 5.21. The van der Waals surface area contributed by atoms with Gasteiger partial charge in [-0.15, -0.1) is 11.3 Å². The van der Waals surface area contributed by atoms with E-state index < -0.39 is 5.97 Å². The van der Waals surface area contributed by atoms with Crippen molar-refractivity contribution in [3.8, 4) is 16.3 Å². The number of para-hydroxylation sites is 1. The first-order valence-electron chi connectivity index (χ1n) is 10.5. The van der Waals surface area contributed by atoms with Crippen LogP contribution < -0.4 is 0 Å². The molecule has 0 bridgehead atoms. The molecule has 1 aliphatic heterocycles. The number of thiophene rings is 1. The fourth-order valence-corrected chi connectivity index (χ4v) is 4.31. The van der Waals surface area contributed by atoms with Gasteiger partial charge in [-0.05, 0) is 42.5 Å². The fourth-order valence-electron chi connectivity index (χ4n) is 3.58. The van der Waals surface area contributed by atoms with Crippen molar-refractivity contribution in [1.29, 1.82) is 0 Å². The summed E-state index contributed by atoms with van der Waals surface area (Å²) in [6.45, 7) is 1.27. The van der Waals surface area contributed by atoms with Crippen LogP contribution in [0.5, 0.6) is 0 Å². The van der Waals surface area contributed by atoms with E-state index in [-0.39, 0.29) is 12.5 Å². The van der Waals surface area contributed by atoms with Gasteiger partial charge < -0.3 is 9.64 Å². The first kappa shape index (κ1) is 21.1. The highest BCUT2D eigenvalue weighted by atomic mass is 32.1. The highest BCUT2D eigenvalue weighted by Crippen LogP contribution is 2.28. The highest BCUT2D eigenvalue weighted by Gasteiger charge is 2.17. The maximum Gasteiger partial charge on any atom is 0.331 e. The maximum atomic E-state index is 12.3. The largest absolute Gasteiger partial charge is 0.452 e. The number of ether oxygens (including phenoxy) is 1. The summed E-state index contributed by atoms with van der Waals surface area (Å²) in [4.78, 5) is 27.4. The molecule has 0 unspecified atom stereocenters. The Morgan fingerprint density at radius 3 is 2.52 bits per heavy atom. The van der Waals surface area contributed by atoms with E-state index in [0.29, 0.717) is 0 Å². The first-order valence-corrected chi connectivity index (χ1v) is 11.4. The van der Waals surface area contributed by atoms with E-state index in [1.807, 2.05) is 54.0 Å². The van der Waals surface area contributed by atoms with Crippen LogP contribution >= 0.6 is 11.3 Å². The summed E-state index contributed by atoms with van der Waals surface area (Å²) in [5.41, 5.74) is 2.54. The number of carbonyl (C=O) groups is 2. The van der Waals surface area contributed by atoms with Gasteiger partial charge in [-0.2, -0.15) is 5.10 Å². The molecule has 6 nitrogen and oxygen atoms in total. The molecule has 4 rings (SSSR count). The van der Waals surface area contributed by atoms with Crippen molar-refractivity contribution >= 4 is 29.3 Å². The number of hydrogen-bond acceptors (Lipinski definition) is 5. The Hall–Kier alpha value is -3.19. The van der Waals surface area contributed by atoms with Gasteiger partial charge >= 0.3 is 5.97 Å². The van der Waals surface area contributed by atoms with Crippen LogP contribution in [0.15, 0.2) is 60.1 Å². The predicted octanol–water partition coefficient (Wildman–Crippen LogP) is 4.56. The van der Waals surface area contributed by atoms with Gasteiger partial charge in [0.05, 0.1) is 10.6 Å². The Morgan fingerprint density at radius 2 is 1.81 bits per heavy atom. The fraction of sp³-hybridized carbons (Fsp3) is 0.292. The molecule has 0 atom stereocenters. The summed E-state index contributed by atoms with van der Waals surface area (Å²) in [6.07, 6.45) is 9.26. The lowest BCUT2D eigenvalue weighted by Gasteiger charge is -2.19. The van der Waals surface area contributed by atoms with E-state index in [9.17, 15) is 9.59 Å². The van der Waals surface area contributed by atoms with Crippen LogP contribution in [0.2, 0.25) is 0 Å². The zero-order valence-electron chi connectivity index (χ0n) is 17.3.